The number of halogens is 1. The van der Waals surface area contributed by atoms with E-state index in [-0.39, 0.29) is 6.04 Å². The summed E-state index contributed by atoms with van der Waals surface area (Å²) < 4.78 is 6.60. The van der Waals surface area contributed by atoms with Crippen molar-refractivity contribution >= 4 is 15.9 Å². The molecule has 1 unspecified atom stereocenters. The molecule has 1 aromatic rings. The van der Waals surface area contributed by atoms with Crippen molar-refractivity contribution in [2.75, 3.05) is 13.2 Å². The normalized spacial score (nSPS) is 12.8. The van der Waals surface area contributed by atoms with Crippen LogP contribution >= 0.6 is 15.9 Å². The molecule has 90 valence electrons. The number of ether oxygens (including phenoxy) is 1. The van der Waals surface area contributed by atoms with E-state index in [1.54, 1.807) is 0 Å². The quantitative estimate of drug-likeness (QED) is 0.480. The Bertz CT molecular complexity index is 331. The van der Waals surface area contributed by atoms with E-state index in [4.69, 9.17) is 10.6 Å². The second-order valence-corrected chi connectivity index (χ2v) is 4.71. The Morgan fingerprint density at radius 3 is 2.81 bits per heavy atom. The summed E-state index contributed by atoms with van der Waals surface area (Å²) in [6.45, 7) is 5.54. The minimum atomic E-state index is 0.0552. The molecule has 0 saturated heterocycles. The molecule has 1 rings (SSSR count). The van der Waals surface area contributed by atoms with E-state index in [9.17, 15) is 0 Å². The minimum Gasteiger partial charge on any atom is -0.379 e. The molecule has 4 heteroatoms. The van der Waals surface area contributed by atoms with Crippen LogP contribution in [-0.4, -0.2) is 13.2 Å². The third-order valence-corrected chi connectivity index (χ3v) is 2.93. The zero-order valence-electron chi connectivity index (χ0n) is 9.79. The van der Waals surface area contributed by atoms with Crippen molar-refractivity contribution in [3.8, 4) is 0 Å². The molecule has 0 aromatic heterocycles. The van der Waals surface area contributed by atoms with Gasteiger partial charge < -0.3 is 4.74 Å². The van der Waals surface area contributed by atoms with Crippen LogP contribution in [0.2, 0.25) is 0 Å². The highest BCUT2D eigenvalue weighted by atomic mass is 79.9. The molecule has 0 aliphatic rings. The summed E-state index contributed by atoms with van der Waals surface area (Å²) in [6.07, 6.45) is 1.02. The summed E-state index contributed by atoms with van der Waals surface area (Å²) in [5, 5.41) is 0. The lowest BCUT2D eigenvalue weighted by Gasteiger charge is -2.18. The van der Waals surface area contributed by atoms with Crippen LogP contribution < -0.4 is 11.3 Å². The van der Waals surface area contributed by atoms with E-state index in [2.05, 4.69) is 47.3 Å². The van der Waals surface area contributed by atoms with Crippen LogP contribution in [-0.2, 0) is 4.74 Å². The van der Waals surface area contributed by atoms with Crippen LogP contribution in [0.3, 0.4) is 0 Å². The first-order valence-electron chi connectivity index (χ1n) is 5.49. The largest absolute Gasteiger partial charge is 0.379 e. The molecule has 3 N–H and O–H groups in total. The predicted molar refractivity (Wildman–Crippen MR) is 70.1 cm³/mol. The number of hydrogen-bond donors (Lipinski definition) is 2. The average Bonchev–Trinajstić information content (AvgIpc) is 2.26. The van der Waals surface area contributed by atoms with Crippen LogP contribution in [0.15, 0.2) is 22.7 Å². The zero-order valence-corrected chi connectivity index (χ0v) is 11.4. The molecule has 1 atom stereocenters. The van der Waals surface area contributed by atoms with Crippen LogP contribution in [0.5, 0.6) is 0 Å². The molecule has 0 bridgehead atoms. The molecule has 0 aliphatic carbocycles. The van der Waals surface area contributed by atoms with E-state index in [1.165, 1.54) is 11.1 Å². The topological polar surface area (TPSA) is 47.3 Å². The average molecular weight is 287 g/mol. The molecule has 16 heavy (non-hydrogen) atoms. The highest BCUT2D eigenvalue weighted by molar-refractivity contribution is 9.10. The van der Waals surface area contributed by atoms with Crippen molar-refractivity contribution in [1.82, 2.24) is 5.43 Å². The lowest BCUT2D eigenvalue weighted by molar-refractivity contribution is 0.112. The van der Waals surface area contributed by atoms with Gasteiger partial charge in [0.15, 0.2) is 0 Å². The standard InChI is InChI=1S/C12H19BrN2O/c1-3-6-16-8-12(15-14)11-5-4-10(13)7-9(11)2/h4-5,7,12,15H,3,6,8,14H2,1-2H3. The first-order chi connectivity index (χ1) is 7.69. The van der Waals surface area contributed by atoms with Crippen LogP contribution in [0.1, 0.15) is 30.5 Å². The van der Waals surface area contributed by atoms with Gasteiger partial charge in [0, 0.05) is 11.1 Å². The molecule has 3 nitrogen and oxygen atoms in total. The van der Waals surface area contributed by atoms with Crippen molar-refractivity contribution in [3.05, 3.63) is 33.8 Å². The number of benzene rings is 1. The van der Waals surface area contributed by atoms with Gasteiger partial charge >= 0.3 is 0 Å². The Morgan fingerprint density at radius 2 is 2.25 bits per heavy atom. The summed E-state index contributed by atoms with van der Waals surface area (Å²) in [7, 11) is 0. The van der Waals surface area contributed by atoms with Gasteiger partial charge in [-0.2, -0.15) is 0 Å². The first kappa shape index (κ1) is 13.6. The van der Waals surface area contributed by atoms with E-state index in [0.717, 1.165) is 17.5 Å². The lowest BCUT2D eigenvalue weighted by Crippen LogP contribution is -2.32. The van der Waals surface area contributed by atoms with Crippen molar-refractivity contribution in [2.24, 2.45) is 5.84 Å². The van der Waals surface area contributed by atoms with Gasteiger partial charge in [-0.25, -0.2) is 0 Å². The van der Waals surface area contributed by atoms with Gasteiger partial charge in [0.2, 0.25) is 0 Å². The van der Waals surface area contributed by atoms with Crippen LogP contribution in [0.25, 0.3) is 0 Å². The second kappa shape index (κ2) is 7.01. The summed E-state index contributed by atoms with van der Waals surface area (Å²) in [5.74, 6) is 5.55. The van der Waals surface area contributed by atoms with Gasteiger partial charge in [0.25, 0.3) is 0 Å². The fourth-order valence-electron chi connectivity index (χ4n) is 1.60. The molecule has 0 saturated carbocycles. The zero-order chi connectivity index (χ0) is 12.0. The van der Waals surface area contributed by atoms with E-state index in [1.807, 2.05) is 6.07 Å². The molecule has 0 amide bonds. The van der Waals surface area contributed by atoms with Gasteiger partial charge in [-0.15, -0.1) is 0 Å². The Labute approximate surface area is 105 Å². The van der Waals surface area contributed by atoms with Crippen LogP contribution in [0, 0.1) is 6.92 Å². The monoisotopic (exact) mass is 286 g/mol. The predicted octanol–water partition coefficient (Wildman–Crippen LogP) is 2.69. The number of aryl methyl sites for hydroxylation is 1. The van der Waals surface area contributed by atoms with Crippen molar-refractivity contribution in [1.29, 1.82) is 0 Å². The number of hydrazine groups is 1. The van der Waals surface area contributed by atoms with Gasteiger partial charge in [0.1, 0.15) is 0 Å². The number of hydrogen-bond acceptors (Lipinski definition) is 3. The lowest BCUT2D eigenvalue weighted by atomic mass is 10.0. The SMILES string of the molecule is CCCOCC(NN)c1ccc(Br)cc1C. The third-order valence-electron chi connectivity index (χ3n) is 2.44. The molecule has 0 fully saturated rings. The molecular formula is C12H19BrN2O. The Morgan fingerprint density at radius 1 is 1.50 bits per heavy atom. The molecule has 0 radical (unpaired) electrons. The number of rotatable bonds is 6. The molecule has 0 spiro atoms. The fourth-order valence-corrected chi connectivity index (χ4v) is 2.08. The minimum absolute atomic E-state index is 0.0552. The highest BCUT2D eigenvalue weighted by Gasteiger charge is 2.12. The molecule has 0 heterocycles. The molecule has 0 aliphatic heterocycles. The summed E-state index contributed by atoms with van der Waals surface area (Å²) in [6, 6.07) is 6.23. The summed E-state index contributed by atoms with van der Waals surface area (Å²) in [4.78, 5) is 0. The Hall–Kier alpha value is -0.420. The molecule has 1 aromatic carbocycles. The Kier molecular flexibility index (Phi) is 5.98. The number of nitrogens with one attached hydrogen (secondary N) is 1. The van der Waals surface area contributed by atoms with Gasteiger partial charge in [-0.1, -0.05) is 28.9 Å². The fraction of sp³-hybridized carbons (Fsp3) is 0.500. The maximum absolute atomic E-state index is 5.55. The second-order valence-electron chi connectivity index (χ2n) is 3.80. The van der Waals surface area contributed by atoms with Crippen molar-refractivity contribution in [2.45, 2.75) is 26.3 Å². The highest BCUT2D eigenvalue weighted by Crippen LogP contribution is 2.21. The van der Waals surface area contributed by atoms with E-state index < -0.39 is 0 Å². The van der Waals surface area contributed by atoms with Crippen molar-refractivity contribution < 1.29 is 4.74 Å². The van der Waals surface area contributed by atoms with Gasteiger partial charge in [-0.05, 0) is 36.6 Å². The van der Waals surface area contributed by atoms with Gasteiger partial charge in [0.05, 0.1) is 12.6 Å². The summed E-state index contributed by atoms with van der Waals surface area (Å²) >= 11 is 3.45. The maximum atomic E-state index is 5.55. The third kappa shape index (κ3) is 3.87. The first-order valence-corrected chi connectivity index (χ1v) is 6.28. The summed E-state index contributed by atoms with van der Waals surface area (Å²) in [5.41, 5.74) is 5.19. The number of nitrogens with two attached hydrogens (primary N) is 1. The van der Waals surface area contributed by atoms with E-state index in [0.29, 0.717) is 6.61 Å². The maximum Gasteiger partial charge on any atom is 0.0696 e. The van der Waals surface area contributed by atoms with Crippen LogP contribution in [0.4, 0.5) is 0 Å². The molecular weight excluding hydrogens is 268 g/mol. The smallest absolute Gasteiger partial charge is 0.0696 e. The Balaban J connectivity index is 2.70. The van der Waals surface area contributed by atoms with Crippen molar-refractivity contribution in [3.63, 3.8) is 0 Å². The van der Waals surface area contributed by atoms with Gasteiger partial charge in [-0.3, -0.25) is 11.3 Å². The van der Waals surface area contributed by atoms with E-state index >= 15 is 0 Å².